The number of aliphatic hydroxyl groups is 1. The van der Waals surface area contributed by atoms with Crippen LogP contribution in [0, 0.1) is 5.92 Å². The highest BCUT2D eigenvalue weighted by Gasteiger charge is 2.06. The lowest BCUT2D eigenvalue weighted by molar-refractivity contribution is -0.104. The van der Waals surface area contributed by atoms with Crippen molar-refractivity contribution in [2.24, 2.45) is 5.92 Å². The van der Waals surface area contributed by atoms with Gasteiger partial charge in [0.25, 0.3) is 0 Å². The highest BCUT2D eigenvalue weighted by Crippen LogP contribution is 2.06. The van der Waals surface area contributed by atoms with E-state index in [1.54, 1.807) is 13.0 Å². The third kappa shape index (κ3) is 4.73. The normalized spacial score (nSPS) is 15.2. The van der Waals surface area contributed by atoms with Crippen molar-refractivity contribution in [1.29, 1.82) is 0 Å². The number of aldehydes is 1. The molecule has 2 nitrogen and oxygen atoms in total. The Morgan fingerprint density at radius 2 is 2.09 bits per heavy atom. The molecule has 1 atom stereocenters. The molecule has 11 heavy (non-hydrogen) atoms. The number of hydrogen-bond acceptors (Lipinski definition) is 2. The van der Waals surface area contributed by atoms with E-state index in [1.807, 2.05) is 13.8 Å². The molecule has 0 heterocycles. The Morgan fingerprint density at radius 3 is 2.45 bits per heavy atom. The number of hydrogen-bond donors (Lipinski definition) is 1. The molecule has 0 aliphatic rings. The first-order chi connectivity index (χ1) is 5.07. The minimum absolute atomic E-state index is 0.255. The van der Waals surface area contributed by atoms with Gasteiger partial charge in [0.05, 0.1) is 6.10 Å². The summed E-state index contributed by atoms with van der Waals surface area (Å²) in [4.78, 5) is 10.1. The lowest BCUT2D eigenvalue weighted by atomic mass is 10.0. The second kappa shape index (κ2) is 5.08. The summed E-state index contributed by atoms with van der Waals surface area (Å²) in [6.07, 6.45) is 2.80. The zero-order chi connectivity index (χ0) is 8.85. The Labute approximate surface area is 67.9 Å². The summed E-state index contributed by atoms with van der Waals surface area (Å²) in [5.41, 5.74) is 0.685. The van der Waals surface area contributed by atoms with Crippen LogP contribution in [0.4, 0.5) is 0 Å². The van der Waals surface area contributed by atoms with Crippen LogP contribution in [-0.4, -0.2) is 17.5 Å². The van der Waals surface area contributed by atoms with Crippen LogP contribution < -0.4 is 0 Å². The first-order valence-electron chi connectivity index (χ1n) is 3.88. The monoisotopic (exact) mass is 156 g/mol. The summed E-state index contributed by atoms with van der Waals surface area (Å²) in [7, 11) is 0. The number of rotatable bonds is 4. The van der Waals surface area contributed by atoms with Crippen molar-refractivity contribution < 1.29 is 9.90 Å². The Morgan fingerprint density at radius 1 is 1.55 bits per heavy atom. The zero-order valence-electron chi connectivity index (χ0n) is 7.37. The number of carbonyl (C=O) groups is 1. The molecule has 2 heteroatoms. The molecule has 0 radical (unpaired) electrons. The van der Waals surface area contributed by atoms with Gasteiger partial charge in [0.1, 0.15) is 6.29 Å². The average molecular weight is 156 g/mol. The maximum Gasteiger partial charge on any atom is 0.145 e. The van der Waals surface area contributed by atoms with Gasteiger partial charge in [0, 0.05) is 0 Å². The van der Waals surface area contributed by atoms with E-state index >= 15 is 0 Å². The Bertz CT molecular complexity index is 148. The second-order valence-corrected chi connectivity index (χ2v) is 3.11. The molecule has 0 fully saturated rings. The smallest absolute Gasteiger partial charge is 0.145 e. The van der Waals surface area contributed by atoms with Crippen LogP contribution in [0.2, 0.25) is 0 Å². The molecule has 0 saturated carbocycles. The van der Waals surface area contributed by atoms with E-state index in [1.165, 1.54) is 0 Å². The first-order valence-corrected chi connectivity index (χ1v) is 3.88. The van der Waals surface area contributed by atoms with E-state index in [2.05, 4.69) is 0 Å². The minimum atomic E-state index is -0.329. The highest BCUT2D eigenvalue weighted by atomic mass is 16.3. The van der Waals surface area contributed by atoms with Crippen LogP contribution in [0.15, 0.2) is 11.6 Å². The van der Waals surface area contributed by atoms with Crippen LogP contribution in [0.5, 0.6) is 0 Å². The van der Waals surface area contributed by atoms with Crippen molar-refractivity contribution >= 4 is 6.29 Å². The maximum absolute atomic E-state index is 10.1. The molecule has 1 unspecified atom stereocenters. The molecule has 0 aromatic rings. The molecule has 0 saturated heterocycles. The van der Waals surface area contributed by atoms with Crippen molar-refractivity contribution in [3.63, 3.8) is 0 Å². The molecule has 0 bridgehead atoms. The lowest BCUT2D eigenvalue weighted by Crippen LogP contribution is -2.13. The predicted octanol–water partition coefficient (Wildman–Crippen LogP) is 1.54. The van der Waals surface area contributed by atoms with Gasteiger partial charge < -0.3 is 5.11 Å². The van der Waals surface area contributed by atoms with Gasteiger partial charge in [-0.15, -0.1) is 0 Å². The Hall–Kier alpha value is -0.630. The largest absolute Gasteiger partial charge is 0.393 e. The fourth-order valence-electron chi connectivity index (χ4n) is 0.627. The van der Waals surface area contributed by atoms with Gasteiger partial charge in [0.15, 0.2) is 0 Å². The van der Waals surface area contributed by atoms with E-state index in [0.717, 1.165) is 6.29 Å². The molecule has 0 aliphatic heterocycles. The van der Waals surface area contributed by atoms with Gasteiger partial charge in [-0.3, -0.25) is 4.79 Å². The maximum atomic E-state index is 10.1. The molecule has 0 rings (SSSR count). The van der Waals surface area contributed by atoms with Crippen molar-refractivity contribution in [3.05, 3.63) is 11.6 Å². The molecule has 0 spiro atoms. The summed E-state index contributed by atoms with van der Waals surface area (Å²) in [6.45, 7) is 5.64. The summed E-state index contributed by atoms with van der Waals surface area (Å²) in [5.74, 6) is 0.255. The van der Waals surface area contributed by atoms with Crippen molar-refractivity contribution in [3.8, 4) is 0 Å². The molecule has 0 aliphatic carbocycles. The minimum Gasteiger partial charge on any atom is -0.393 e. The highest BCUT2D eigenvalue weighted by molar-refractivity contribution is 5.71. The molecular formula is C9H16O2. The van der Waals surface area contributed by atoms with E-state index in [4.69, 9.17) is 0 Å². The summed E-state index contributed by atoms with van der Waals surface area (Å²) in [6, 6.07) is 0. The zero-order valence-corrected chi connectivity index (χ0v) is 7.37. The molecule has 1 N–H and O–H groups in total. The van der Waals surface area contributed by atoms with Crippen LogP contribution in [0.25, 0.3) is 0 Å². The Kier molecular flexibility index (Phi) is 4.79. The van der Waals surface area contributed by atoms with E-state index in [9.17, 15) is 9.90 Å². The van der Waals surface area contributed by atoms with Crippen LogP contribution in [-0.2, 0) is 4.79 Å². The van der Waals surface area contributed by atoms with Crippen LogP contribution >= 0.6 is 0 Å². The third-order valence-electron chi connectivity index (χ3n) is 1.64. The Balaban J connectivity index is 3.77. The third-order valence-corrected chi connectivity index (χ3v) is 1.64. The fourth-order valence-corrected chi connectivity index (χ4v) is 0.627. The van der Waals surface area contributed by atoms with Crippen molar-refractivity contribution in [1.82, 2.24) is 0 Å². The SMILES string of the molecule is C/C(C=O)=C\CC(O)C(C)C. The lowest BCUT2D eigenvalue weighted by Gasteiger charge is -2.11. The summed E-state index contributed by atoms with van der Waals surface area (Å²) >= 11 is 0. The quantitative estimate of drug-likeness (QED) is 0.495. The van der Waals surface area contributed by atoms with Crippen LogP contribution in [0.3, 0.4) is 0 Å². The molecule has 64 valence electrons. The van der Waals surface area contributed by atoms with E-state index < -0.39 is 0 Å². The molecule has 0 aromatic heterocycles. The molecule has 0 aromatic carbocycles. The van der Waals surface area contributed by atoms with E-state index in [0.29, 0.717) is 12.0 Å². The topological polar surface area (TPSA) is 37.3 Å². The van der Waals surface area contributed by atoms with Crippen molar-refractivity contribution in [2.45, 2.75) is 33.3 Å². The fraction of sp³-hybridized carbons (Fsp3) is 0.667. The van der Waals surface area contributed by atoms with Gasteiger partial charge in [-0.05, 0) is 24.8 Å². The van der Waals surface area contributed by atoms with Gasteiger partial charge >= 0.3 is 0 Å². The summed E-state index contributed by atoms with van der Waals surface area (Å²) < 4.78 is 0. The predicted molar refractivity (Wildman–Crippen MR) is 45.3 cm³/mol. The van der Waals surface area contributed by atoms with Gasteiger partial charge in [0.2, 0.25) is 0 Å². The first kappa shape index (κ1) is 10.4. The number of aliphatic hydroxyl groups excluding tert-OH is 1. The van der Waals surface area contributed by atoms with Gasteiger partial charge in [-0.2, -0.15) is 0 Å². The van der Waals surface area contributed by atoms with Gasteiger partial charge in [-0.25, -0.2) is 0 Å². The van der Waals surface area contributed by atoms with E-state index in [-0.39, 0.29) is 12.0 Å². The number of allylic oxidation sites excluding steroid dienone is 1. The van der Waals surface area contributed by atoms with Crippen molar-refractivity contribution in [2.75, 3.05) is 0 Å². The summed E-state index contributed by atoms with van der Waals surface area (Å²) in [5, 5.41) is 9.31. The van der Waals surface area contributed by atoms with Crippen LogP contribution in [0.1, 0.15) is 27.2 Å². The molecular weight excluding hydrogens is 140 g/mol. The second-order valence-electron chi connectivity index (χ2n) is 3.11. The standard InChI is InChI=1S/C9H16O2/c1-7(2)9(11)5-4-8(3)6-10/h4,6-7,9,11H,5H2,1-3H3/b8-4+. The number of carbonyl (C=O) groups excluding carboxylic acids is 1. The molecule has 0 amide bonds. The van der Waals surface area contributed by atoms with Gasteiger partial charge in [-0.1, -0.05) is 19.9 Å². The average Bonchev–Trinajstić information content (AvgIpc) is 1.99.